The van der Waals surface area contributed by atoms with Gasteiger partial charge in [-0.05, 0) is 31.2 Å². The van der Waals surface area contributed by atoms with Crippen LogP contribution in [0.15, 0.2) is 48.5 Å². The molecule has 2 aromatic rings. The monoisotopic (exact) mass is 395 g/mol. The largest absolute Gasteiger partial charge is 0.489 e. The molecule has 2 aromatic carbocycles. The molecular formula is C21H21N3O5. The minimum atomic E-state index is -0.431. The van der Waals surface area contributed by atoms with Gasteiger partial charge in [0.15, 0.2) is 0 Å². The van der Waals surface area contributed by atoms with E-state index in [0.717, 1.165) is 16.2 Å². The number of morpholine rings is 1. The predicted molar refractivity (Wildman–Crippen MR) is 106 cm³/mol. The van der Waals surface area contributed by atoms with E-state index in [9.17, 15) is 14.4 Å². The van der Waals surface area contributed by atoms with Crippen molar-refractivity contribution in [3.63, 3.8) is 0 Å². The average molecular weight is 395 g/mol. The lowest BCUT2D eigenvalue weighted by Gasteiger charge is -2.26. The van der Waals surface area contributed by atoms with E-state index >= 15 is 0 Å². The van der Waals surface area contributed by atoms with Crippen LogP contribution in [0.2, 0.25) is 0 Å². The maximum absolute atomic E-state index is 12.9. The van der Waals surface area contributed by atoms with Gasteiger partial charge in [0.1, 0.15) is 25.1 Å². The summed E-state index contributed by atoms with van der Waals surface area (Å²) < 4.78 is 10.8. The van der Waals surface area contributed by atoms with E-state index in [1.807, 2.05) is 31.2 Å². The first kappa shape index (κ1) is 18.9. The van der Waals surface area contributed by atoms with Gasteiger partial charge in [-0.3, -0.25) is 9.59 Å². The third-order valence-corrected chi connectivity index (χ3v) is 4.73. The maximum atomic E-state index is 12.9. The summed E-state index contributed by atoms with van der Waals surface area (Å²) in [5, 5.41) is 2.85. The van der Waals surface area contributed by atoms with Gasteiger partial charge < -0.3 is 19.7 Å². The van der Waals surface area contributed by atoms with Gasteiger partial charge in [0.2, 0.25) is 0 Å². The molecule has 8 heteroatoms. The fourth-order valence-corrected chi connectivity index (χ4v) is 3.45. The number of urea groups is 1. The summed E-state index contributed by atoms with van der Waals surface area (Å²) >= 11 is 0. The summed E-state index contributed by atoms with van der Waals surface area (Å²) in [6.45, 7) is 2.48. The number of hydrogen-bond acceptors (Lipinski definition) is 5. The molecule has 8 nitrogen and oxygen atoms in total. The molecule has 2 heterocycles. The van der Waals surface area contributed by atoms with Crippen LogP contribution in [0, 0.1) is 0 Å². The lowest BCUT2D eigenvalue weighted by molar-refractivity contribution is -0.138. The SMILES string of the molecule is CC1CN(C(=O)Nc2cccc(N3C(=O)COCC3=O)c2)Cc2ccccc2O1. The van der Waals surface area contributed by atoms with Crippen molar-refractivity contribution < 1.29 is 23.9 Å². The Morgan fingerprint density at radius 2 is 1.83 bits per heavy atom. The summed E-state index contributed by atoms with van der Waals surface area (Å²) in [7, 11) is 0. The molecule has 0 aromatic heterocycles. The molecule has 0 saturated carbocycles. The third kappa shape index (κ3) is 4.07. The van der Waals surface area contributed by atoms with E-state index in [2.05, 4.69) is 5.32 Å². The Kier molecular flexibility index (Phi) is 5.18. The van der Waals surface area contributed by atoms with Gasteiger partial charge >= 0.3 is 6.03 Å². The Hall–Kier alpha value is -3.39. The summed E-state index contributed by atoms with van der Waals surface area (Å²) in [4.78, 5) is 39.7. The minimum absolute atomic E-state index is 0.145. The topological polar surface area (TPSA) is 88.2 Å². The highest BCUT2D eigenvalue weighted by Gasteiger charge is 2.29. The fourth-order valence-electron chi connectivity index (χ4n) is 3.45. The zero-order valence-electron chi connectivity index (χ0n) is 16.0. The molecular weight excluding hydrogens is 374 g/mol. The minimum Gasteiger partial charge on any atom is -0.489 e. The zero-order chi connectivity index (χ0) is 20.4. The molecule has 4 rings (SSSR count). The molecule has 1 atom stereocenters. The number of ether oxygens (including phenoxy) is 2. The van der Waals surface area contributed by atoms with Crippen molar-refractivity contribution in [2.75, 3.05) is 30.0 Å². The van der Waals surface area contributed by atoms with Gasteiger partial charge in [0.25, 0.3) is 11.8 Å². The van der Waals surface area contributed by atoms with E-state index in [0.29, 0.717) is 24.5 Å². The average Bonchev–Trinajstić information content (AvgIpc) is 2.86. The number of hydrogen-bond donors (Lipinski definition) is 1. The van der Waals surface area contributed by atoms with Crippen molar-refractivity contribution in [1.29, 1.82) is 0 Å². The number of benzene rings is 2. The first-order valence-corrected chi connectivity index (χ1v) is 9.35. The molecule has 0 radical (unpaired) electrons. The van der Waals surface area contributed by atoms with E-state index in [4.69, 9.17) is 9.47 Å². The van der Waals surface area contributed by atoms with Crippen LogP contribution in [-0.4, -0.2) is 48.6 Å². The number of nitrogens with one attached hydrogen (secondary N) is 1. The molecule has 150 valence electrons. The van der Waals surface area contributed by atoms with Crippen LogP contribution in [0.3, 0.4) is 0 Å². The molecule has 2 aliphatic heterocycles. The van der Waals surface area contributed by atoms with Gasteiger partial charge in [0, 0.05) is 11.3 Å². The number of fused-ring (bicyclic) bond motifs is 1. The molecule has 1 fully saturated rings. The molecule has 1 N–H and O–H groups in total. The molecule has 0 bridgehead atoms. The van der Waals surface area contributed by atoms with Crippen LogP contribution in [0.4, 0.5) is 16.2 Å². The van der Waals surface area contributed by atoms with Crippen LogP contribution < -0.4 is 15.0 Å². The number of para-hydroxylation sites is 1. The van der Waals surface area contributed by atoms with Crippen LogP contribution in [-0.2, 0) is 20.9 Å². The first-order chi connectivity index (χ1) is 14.0. The van der Waals surface area contributed by atoms with E-state index < -0.39 is 11.8 Å². The number of imide groups is 1. The number of anilines is 2. The molecule has 1 unspecified atom stereocenters. The number of carbonyl (C=O) groups is 3. The summed E-state index contributed by atoms with van der Waals surface area (Å²) in [6, 6.07) is 14.0. The van der Waals surface area contributed by atoms with Gasteiger partial charge in [-0.15, -0.1) is 0 Å². The van der Waals surface area contributed by atoms with Gasteiger partial charge in [0.05, 0.1) is 18.8 Å². The van der Waals surface area contributed by atoms with Crippen LogP contribution in [0.25, 0.3) is 0 Å². The Labute approximate surface area is 168 Å². The number of amides is 4. The highest BCUT2D eigenvalue weighted by Crippen LogP contribution is 2.26. The molecule has 1 saturated heterocycles. The van der Waals surface area contributed by atoms with E-state index in [-0.39, 0.29) is 25.3 Å². The second-order valence-electron chi connectivity index (χ2n) is 7.01. The lowest BCUT2D eigenvalue weighted by atomic mass is 10.2. The van der Waals surface area contributed by atoms with Crippen LogP contribution in [0.1, 0.15) is 12.5 Å². The summed E-state index contributed by atoms with van der Waals surface area (Å²) in [5.41, 5.74) is 1.83. The van der Waals surface area contributed by atoms with Crippen LogP contribution in [0.5, 0.6) is 5.75 Å². The fraction of sp³-hybridized carbons (Fsp3) is 0.286. The number of rotatable bonds is 2. The number of carbonyl (C=O) groups excluding carboxylic acids is 3. The zero-order valence-corrected chi connectivity index (χ0v) is 16.0. The second-order valence-corrected chi connectivity index (χ2v) is 7.01. The molecule has 4 amide bonds. The van der Waals surface area contributed by atoms with Gasteiger partial charge in [-0.25, -0.2) is 9.69 Å². The first-order valence-electron chi connectivity index (χ1n) is 9.35. The van der Waals surface area contributed by atoms with E-state index in [1.54, 1.807) is 29.2 Å². The van der Waals surface area contributed by atoms with Crippen molar-refractivity contribution in [1.82, 2.24) is 4.90 Å². The number of nitrogens with zero attached hydrogens (tertiary/aromatic N) is 2. The lowest BCUT2D eigenvalue weighted by Crippen LogP contribution is -2.46. The maximum Gasteiger partial charge on any atom is 0.322 e. The van der Waals surface area contributed by atoms with Crippen molar-refractivity contribution >= 4 is 29.2 Å². The molecule has 2 aliphatic rings. The van der Waals surface area contributed by atoms with Crippen LogP contribution >= 0.6 is 0 Å². The Balaban J connectivity index is 1.51. The molecule has 29 heavy (non-hydrogen) atoms. The van der Waals surface area contributed by atoms with Gasteiger partial charge in [-0.1, -0.05) is 24.3 Å². The quantitative estimate of drug-likeness (QED) is 0.789. The van der Waals surface area contributed by atoms with E-state index in [1.165, 1.54) is 0 Å². The van der Waals surface area contributed by atoms with Gasteiger partial charge in [-0.2, -0.15) is 0 Å². The Morgan fingerprint density at radius 3 is 2.62 bits per heavy atom. The Morgan fingerprint density at radius 1 is 1.07 bits per heavy atom. The molecule has 0 spiro atoms. The van der Waals surface area contributed by atoms with Crippen molar-refractivity contribution in [2.45, 2.75) is 19.6 Å². The highest BCUT2D eigenvalue weighted by atomic mass is 16.5. The molecule has 0 aliphatic carbocycles. The van der Waals surface area contributed by atoms with Crippen molar-refractivity contribution in [3.05, 3.63) is 54.1 Å². The van der Waals surface area contributed by atoms with Crippen molar-refractivity contribution in [3.8, 4) is 5.75 Å². The summed E-state index contributed by atoms with van der Waals surface area (Å²) in [6.07, 6.45) is -0.153. The third-order valence-electron chi connectivity index (χ3n) is 4.73. The van der Waals surface area contributed by atoms with Crippen molar-refractivity contribution in [2.24, 2.45) is 0 Å². The standard InChI is InChI=1S/C21H21N3O5/c1-14-10-23(11-15-5-2-3-8-18(15)29-14)21(27)22-16-6-4-7-17(9-16)24-19(25)12-28-13-20(24)26/h2-9,14H,10-13H2,1H3,(H,22,27). The normalized spacial score (nSPS) is 19.3. The predicted octanol–water partition coefficient (Wildman–Crippen LogP) is 2.39. The summed E-state index contributed by atoms with van der Waals surface area (Å²) in [5.74, 6) is -0.0821. The second kappa shape index (κ2) is 7.92. The smallest absolute Gasteiger partial charge is 0.322 e. The Bertz CT molecular complexity index is 945. The highest BCUT2D eigenvalue weighted by molar-refractivity contribution is 6.17.